The number of nitrogens with one attached hydrogen (secondary N) is 1. The van der Waals surface area contributed by atoms with E-state index in [2.05, 4.69) is 16.4 Å². The first kappa shape index (κ1) is 14.1. The Balaban J connectivity index is 1.80. The molecule has 0 radical (unpaired) electrons. The van der Waals surface area contributed by atoms with Crippen LogP contribution in [0.4, 0.5) is 11.5 Å². The lowest BCUT2D eigenvalue weighted by Gasteiger charge is -2.09. The van der Waals surface area contributed by atoms with E-state index < -0.39 is 0 Å². The number of benzene rings is 1. The van der Waals surface area contributed by atoms with Gasteiger partial charge in [0.2, 0.25) is 0 Å². The summed E-state index contributed by atoms with van der Waals surface area (Å²) in [5.41, 5.74) is 2.05. The van der Waals surface area contributed by atoms with Gasteiger partial charge in [-0.25, -0.2) is 4.98 Å². The summed E-state index contributed by atoms with van der Waals surface area (Å²) in [6.45, 7) is 0. The maximum absolute atomic E-state index is 12.3. The van der Waals surface area contributed by atoms with Gasteiger partial charge in [-0.15, -0.1) is 11.6 Å². The topological polar surface area (TPSA) is 46.9 Å². The Morgan fingerprint density at radius 1 is 1.38 bits per heavy atom. The molecule has 1 aliphatic carbocycles. The van der Waals surface area contributed by atoms with Crippen LogP contribution >= 0.6 is 11.6 Å². The second kappa shape index (κ2) is 6.31. The normalized spacial score (nSPS) is 14.1. The number of hydrogen-bond acceptors (Lipinski definition) is 3. The summed E-state index contributed by atoms with van der Waals surface area (Å²) in [6.07, 6.45) is 7.49. The van der Waals surface area contributed by atoms with Gasteiger partial charge >= 0.3 is 0 Å². The highest BCUT2D eigenvalue weighted by Crippen LogP contribution is 2.33. The van der Waals surface area contributed by atoms with Crippen LogP contribution < -0.4 is 10.9 Å². The summed E-state index contributed by atoms with van der Waals surface area (Å²) in [6, 6.07) is 8.39. The standard InChI is InChI=1S/C16H18ClN3O/c17-8-2-4-12-3-1-5-13(11-12)19-15-16(21)20(10-9-18-15)14-6-7-14/h1,3,5,9-11,14H,2,4,6-8H2,(H,18,19). The van der Waals surface area contributed by atoms with Crippen LogP contribution in [0.3, 0.4) is 0 Å². The van der Waals surface area contributed by atoms with Crippen LogP contribution in [0.1, 0.15) is 30.9 Å². The zero-order valence-electron chi connectivity index (χ0n) is 11.8. The predicted octanol–water partition coefficient (Wildman–Crippen LogP) is 3.49. The zero-order chi connectivity index (χ0) is 14.7. The minimum atomic E-state index is -0.0499. The molecule has 1 N–H and O–H groups in total. The van der Waals surface area contributed by atoms with E-state index in [4.69, 9.17) is 11.6 Å². The lowest BCUT2D eigenvalue weighted by atomic mass is 10.1. The molecule has 0 unspecified atom stereocenters. The van der Waals surface area contributed by atoms with Gasteiger partial charge in [0.15, 0.2) is 5.82 Å². The van der Waals surface area contributed by atoms with Crippen molar-refractivity contribution in [1.29, 1.82) is 0 Å². The van der Waals surface area contributed by atoms with Gasteiger partial charge < -0.3 is 9.88 Å². The van der Waals surface area contributed by atoms with Crippen molar-refractivity contribution in [3.63, 3.8) is 0 Å². The fourth-order valence-electron chi connectivity index (χ4n) is 2.36. The molecule has 1 aromatic heterocycles. The van der Waals surface area contributed by atoms with Gasteiger partial charge in [0, 0.05) is 30.0 Å². The van der Waals surface area contributed by atoms with Gasteiger partial charge in [-0.2, -0.15) is 0 Å². The third-order valence-electron chi connectivity index (χ3n) is 3.60. The molecule has 110 valence electrons. The number of nitrogens with zero attached hydrogens (tertiary/aromatic N) is 2. The highest BCUT2D eigenvalue weighted by Gasteiger charge is 2.25. The number of anilines is 2. The highest BCUT2D eigenvalue weighted by molar-refractivity contribution is 6.17. The summed E-state index contributed by atoms with van der Waals surface area (Å²) in [5, 5.41) is 3.13. The van der Waals surface area contributed by atoms with Gasteiger partial charge in [0.05, 0.1) is 0 Å². The zero-order valence-corrected chi connectivity index (χ0v) is 12.5. The predicted molar refractivity (Wildman–Crippen MR) is 85.5 cm³/mol. The third-order valence-corrected chi connectivity index (χ3v) is 3.86. The highest BCUT2D eigenvalue weighted by atomic mass is 35.5. The van der Waals surface area contributed by atoms with Crippen molar-refractivity contribution in [3.8, 4) is 0 Å². The number of hydrogen-bond donors (Lipinski definition) is 1. The minimum Gasteiger partial charge on any atom is -0.336 e. The monoisotopic (exact) mass is 303 g/mol. The van der Waals surface area contributed by atoms with Crippen molar-refractivity contribution in [3.05, 3.63) is 52.6 Å². The van der Waals surface area contributed by atoms with E-state index in [1.54, 1.807) is 17.0 Å². The molecule has 0 bridgehead atoms. The van der Waals surface area contributed by atoms with Gasteiger partial charge in [-0.3, -0.25) is 4.79 Å². The first-order chi connectivity index (χ1) is 10.3. The number of aromatic nitrogens is 2. The summed E-state index contributed by atoms with van der Waals surface area (Å²) in [5.74, 6) is 1.04. The number of rotatable bonds is 6. The lowest BCUT2D eigenvalue weighted by Crippen LogP contribution is -2.22. The fraction of sp³-hybridized carbons (Fsp3) is 0.375. The summed E-state index contributed by atoms with van der Waals surface area (Å²) >= 11 is 5.73. The molecule has 1 saturated carbocycles. The van der Waals surface area contributed by atoms with E-state index in [1.807, 2.05) is 18.2 Å². The van der Waals surface area contributed by atoms with E-state index in [-0.39, 0.29) is 5.56 Å². The van der Waals surface area contributed by atoms with Crippen LogP contribution in [-0.4, -0.2) is 15.4 Å². The molecule has 4 nitrogen and oxygen atoms in total. The van der Waals surface area contributed by atoms with Crippen LogP contribution in [0.25, 0.3) is 0 Å². The fourth-order valence-corrected chi connectivity index (χ4v) is 2.50. The quantitative estimate of drug-likeness (QED) is 0.831. The maximum atomic E-state index is 12.3. The molecule has 21 heavy (non-hydrogen) atoms. The smallest absolute Gasteiger partial charge is 0.293 e. The van der Waals surface area contributed by atoms with Crippen LogP contribution in [0, 0.1) is 0 Å². The molecule has 0 amide bonds. The molecule has 2 aromatic rings. The third kappa shape index (κ3) is 3.45. The Labute approximate surface area is 128 Å². The summed E-state index contributed by atoms with van der Waals surface area (Å²) in [4.78, 5) is 16.5. The molecule has 0 aliphatic heterocycles. The van der Waals surface area contributed by atoms with Crippen LogP contribution in [0.15, 0.2) is 41.5 Å². The van der Waals surface area contributed by atoms with E-state index in [9.17, 15) is 4.79 Å². The Morgan fingerprint density at radius 3 is 3.00 bits per heavy atom. The van der Waals surface area contributed by atoms with Crippen molar-refractivity contribution in [2.75, 3.05) is 11.2 Å². The molecule has 1 heterocycles. The van der Waals surface area contributed by atoms with Crippen molar-refractivity contribution < 1.29 is 0 Å². The Morgan fingerprint density at radius 2 is 2.24 bits per heavy atom. The van der Waals surface area contributed by atoms with Gasteiger partial charge in [-0.1, -0.05) is 12.1 Å². The average molecular weight is 304 g/mol. The Bertz CT molecular complexity index is 679. The largest absolute Gasteiger partial charge is 0.336 e. The second-order valence-electron chi connectivity index (χ2n) is 5.34. The molecule has 1 aliphatic rings. The SMILES string of the molecule is O=c1c(Nc2cccc(CCCCl)c2)nccn1C1CC1. The Hall–Kier alpha value is -1.81. The summed E-state index contributed by atoms with van der Waals surface area (Å²) in [7, 11) is 0. The van der Waals surface area contributed by atoms with Crippen molar-refractivity contribution in [2.24, 2.45) is 0 Å². The molecule has 3 rings (SSSR count). The Kier molecular flexibility index (Phi) is 4.25. The first-order valence-electron chi connectivity index (χ1n) is 7.27. The first-order valence-corrected chi connectivity index (χ1v) is 7.80. The molecule has 1 fully saturated rings. The molecular weight excluding hydrogens is 286 g/mol. The number of aryl methyl sites for hydroxylation is 1. The molecule has 0 spiro atoms. The lowest BCUT2D eigenvalue weighted by molar-refractivity contribution is 0.701. The number of alkyl halides is 1. The second-order valence-corrected chi connectivity index (χ2v) is 5.72. The van der Waals surface area contributed by atoms with E-state index in [0.29, 0.717) is 17.7 Å². The maximum Gasteiger partial charge on any atom is 0.293 e. The molecular formula is C16H18ClN3O. The minimum absolute atomic E-state index is 0.0499. The number of halogens is 1. The van der Waals surface area contributed by atoms with Gasteiger partial charge in [0.25, 0.3) is 5.56 Å². The van der Waals surface area contributed by atoms with Crippen molar-refractivity contribution in [2.45, 2.75) is 31.7 Å². The van der Waals surface area contributed by atoms with Crippen LogP contribution in [0.5, 0.6) is 0 Å². The molecule has 0 atom stereocenters. The average Bonchev–Trinajstić information content (AvgIpc) is 3.32. The van der Waals surface area contributed by atoms with Crippen molar-refractivity contribution in [1.82, 2.24) is 9.55 Å². The summed E-state index contributed by atoms with van der Waals surface area (Å²) < 4.78 is 1.77. The van der Waals surface area contributed by atoms with E-state index >= 15 is 0 Å². The van der Waals surface area contributed by atoms with Crippen molar-refractivity contribution >= 4 is 23.1 Å². The van der Waals surface area contributed by atoms with Gasteiger partial charge in [-0.05, 0) is 43.4 Å². The van der Waals surface area contributed by atoms with E-state index in [1.165, 1.54) is 5.56 Å². The molecule has 5 heteroatoms. The van der Waals surface area contributed by atoms with Gasteiger partial charge in [0.1, 0.15) is 0 Å². The van der Waals surface area contributed by atoms with Crippen LogP contribution in [0.2, 0.25) is 0 Å². The van der Waals surface area contributed by atoms with Crippen LogP contribution in [-0.2, 0) is 6.42 Å². The molecule has 0 saturated heterocycles. The van der Waals surface area contributed by atoms with E-state index in [0.717, 1.165) is 31.4 Å². The molecule has 1 aromatic carbocycles.